The van der Waals surface area contributed by atoms with E-state index in [1.165, 1.54) is 32.0 Å². The van der Waals surface area contributed by atoms with Gasteiger partial charge < -0.3 is 9.40 Å². The molecule has 3 aromatic heterocycles. The van der Waals surface area contributed by atoms with E-state index in [2.05, 4.69) is 101 Å². The van der Waals surface area contributed by atoms with E-state index in [4.69, 9.17) is 12.6 Å². The Balaban J connectivity index is 0.000000238. The van der Waals surface area contributed by atoms with Crippen LogP contribution in [0.3, 0.4) is 0 Å². The minimum Gasteiger partial charge on any atom is 0 e. The van der Waals surface area contributed by atoms with E-state index in [1.54, 1.807) is 6.07 Å². The van der Waals surface area contributed by atoms with E-state index in [0.29, 0.717) is 16.8 Å². The number of rotatable bonds is 3. The van der Waals surface area contributed by atoms with Crippen molar-refractivity contribution < 1.29 is 32.7 Å². The summed E-state index contributed by atoms with van der Waals surface area (Å²) in [4.78, 5) is 8.86. The van der Waals surface area contributed by atoms with Crippen LogP contribution in [-0.2, 0) is 20.1 Å². The van der Waals surface area contributed by atoms with Crippen molar-refractivity contribution in [3.8, 4) is 33.6 Å². The fourth-order valence-electron chi connectivity index (χ4n) is 6.27. The van der Waals surface area contributed by atoms with E-state index >= 15 is 0 Å². The molecule has 4 heterocycles. The number of nitrogens with zero attached hydrogens (tertiary/aromatic N) is 2. The Morgan fingerprint density at radius 2 is 1.51 bits per heavy atom. The molecule has 0 amide bonds. The van der Waals surface area contributed by atoms with Crippen LogP contribution in [0.4, 0.5) is 0 Å². The molecule has 0 atom stereocenters. The summed E-state index contributed by atoms with van der Waals surface area (Å²) < 4.78 is 54.7. The predicted octanol–water partition coefficient (Wildman–Crippen LogP) is 8.96. The number of furan rings is 1. The van der Waals surface area contributed by atoms with Crippen molar-refractivity contribution in [2.24, 2.45) is 0 Å². The Bertz CT molecular complexity index is 2460. The second kappa shape index (κ2) is 12.8. The van der Waals surface area contributed by atoms with Gasteiger partial charge in [0.05, 0.1) is 5.58 Å². The molecule has 7 aromatic rings. The fourth-order valence-corrected chi connectivity index (χ4v) is 11.5. The zero-order valence-electron chi connectivity index (χ0n) is 33.0. The first-order valence-corrected chi connectivity index (χ1v) is 25.8. The Kier molecular flexibility index (Phi) is 7.16. The zero-order chi connectivity index (χ0) is 37.2. The SMILES string of the molecule is [2H]C([2H])([2H])c1cnc(-c2[c-]ccc3c2oc2cc4c(cc23)[Si](C)(C)c2ccccc2-4)cc1C([2H])([2H])[2H].[CH3][Ge]([CH3])([CH3])[c]1ccc(-c2[c-]cccc2)nc1.[Ir]. The van der Waals surface area contributed by atoms with Crippen molar-refractivity contribution in [2.75, 3.05) is 0 Å². The molecule has 4 aromatic carbocycles. The molecule has 0 aliphatic carbocycles. The Labute approximate surface area is 303 Å². The molecule has 0 N–H and O–H groups in total. The molecule has 0 fully saturated rings. The van der Waals surface area contributed by atoms with Crippen LogP contribution in [0.15, 0.2) is 108 Å². The Morgan fingerprint density at radius 1 is 0.723 bits per heavy atom. The van der Waals surface area contributed by atoms with Gasteiger partial charge in [0, 0.05) is 39.9 Å². The van der Waals surface area contributed by atoms with Crippen LogP contribution in [0.25, 0.3) is 55.6 Å². The minimum absolute atomic E-state index is 0. The molecule has 0 bridgehead atoms. The topological polar surface area (TPSA) is 38.9 Å². The van der Waals surface area contributed by atoms with E-state index in [1.807, 2.05) is 36.5 Å². The summed E-state index contributed by atoms with van der Waals surface area (Å²) >= 11 is -1.72. The third kappa shape index (κ3) is 6.11. The Hall–Kier alpha value is -3.61. The van der Waals surface area contributed by atoms with E-state index in [9.17, 15) is 0 Å². The van der Waals surface area contributed by atoms with E-state index < -0.39 is 35.0 Å². The minimum atomic E-state index is -2.60. The molecular weight excluding hydrogens is 829 g/mol. The number of hydrogen-bond acceptors (Lipinski definition) is 3. The van der Waals surface area contributed by atoms with Crippen LogP contribution < -0.4 is 14.8 Å². The predicted molar refractivity (Wildman–Crippen MR) is 199 cm³/mol. The summed E-state index contributed by atoms with van der Waals surface area (Å²) in [5.74, 6) is 7.14. The summed E-state index contributed by atoms with van der Waals surface area (Å²) in [5, 5.41) is 4.65. The normalized spacial score (nSPS) is 15.4. The van der Waals surface area contributed by atoms with Crippen LogP contribution in [0.1, 0.15) is 19.4 Å². The van der Waals surface area contributed by atoms with Crippen molar-refractivity contribution in [1.82, 2.24) is 9.97 Å². The van der Waals surface area contributed by atoms with Crippen LogP contribution in [-0.4, -0.2) is 31.3 Å². The third-order valence-electron chi connectivity index (χ3n) is 8.91. The van der Waals surface area contributed by atoms with Gasteiger partial charge in [0.1, 0.15) is 13.7 Å². The molecule has 1 radical (unpaired) electrons. The number of aromatic nitrogens is 2. The first-order valence-electron chi connectivity index (χ1n) is 18.4. The molecule has 47 heavy (non-hydrogen) atoms. The number of benzene rings is 4. The zero-order valence-corrected chi connectivity index (χ0v) is 32.4. The largest absolute Gasteiger partial charge is 0 e. The summed E-state index contributed by atoms with van der Waals surface area (Å²) in [5.41, 5.74) is 6.12. The van der Waals surface area contributed by atoms with E-state index in [-0.39, 0.29) is 31.2 Å². The molecule has 1 aliphatic heterocycles. The first-order chi connectivity index (χ1) is 24.4. The Morgan fingerprint density at radius 3 is 2.23 bits per heavy atom. The molecule has 0 spiro atoms. The number of hydrogen-bond donors (Lipinski definition) is 0. The van der Waals surface area contributed by atoms with Crippen molar-refractivity contribution in [3.63, 3.8) is 0 Å². The summed E-state index contributed by atoms with van der Waals surface area (Å²) in [6, 6.07) is 36.6. The van der Waals surface area contributed by atoms with Gasteiger partial charge in [0.15, 0.2) is 0 Å². The maximum absolute atomic E-state index is 7.90. The average molecular weight is 874 g/mol. The maximum atomic E-state index is 7.90. The molecule has 1 aliphatic rings. The number of aryl methyl sites for hydroxylation is 2. The second-order valence-electron chi connectivity index (χ2n) is 13.3. The molecule has 0 unspecified atom stereocenters. The van der Waals surface area contributed by atoms with Crippen molar-refractivity contribution in [3.05, 3.63) is 127 Å². The number of fused-ring (bicyclic) bond motifs is 6. The summed E-state index contributed by atoms with van der Waals surface area (Å²) in [7, 11) is -1.87. The van der Waals surface area contributed by atoms with Gasteiger partial charge >= 0.3 is 99.8 Å². The van der Waals surface area contributed by atoms with Gasteiger partial charge in [-0.05, 0) is 52.5 Å². The maximum Gasteiger partial charge on any atom is 0 e. The van der Waals surface area contributed by atoms with Gasteiger partial charge in [0.2, 0.25) is 0 Å². The molecular formula is C41H38GeIrN2OSi-2. The van der Waals surface area contributed by atoms with Crippen LogP contribution in [0.5, 0.6) is 0 Å². The first kappa shape index (κ1) is 26.4. The van der Waals surface area contributed by atoms with Gasteiger partial charge in [-0.15, -0.1) is 18.2 Å². The molecule has 3 nitrogen and oxygen atoms in total. The van der Waals surface area contributed by atoms with Crippen LogP contribution in [0.2, 0.25) is 30.4 Å². The number of pyridine rings is 2. The molecule has 8 rings (SSSR count). The molecule has 6 heteroatoms. The standard InChI is InChI=1S/C27H22NOSi.C14H16GeN.Ir/c1-16-12-23(28-15-17(16)2)20-10-7-9-19-21-14-26-22(13-24(21)29-27(19)20)18-8-5-6-11-25(18)30(26,3)4;1-15(2,3)13-9-10-14(16-11-13)12-7-5-4-6-8-12;/h5-9,11-15H,1-4H3;4-7,9-11H,1-3H3;/q2*-1;/i1D3,2D3;;. The van der Waals surface area contributed by atoms with Gasteiger partial charge in [-0.25, -0.2) is 0 Å². The van der Waals surface area contributed by atoms with Gasteiger partial charge in [-0.2, -0.15) is 0 Å². The van der Waals surface area contributed by atoms with Crippen molar-refractivity contribution in [1.29, 1.82) is 0 Å². The smallest absolute Gasteiger partial charge is 0 e. The average Bonchev–Trinajstić information content (AvgIpc) is 3.58. The summed E-state index contributed by atoms with van der Waals surface area (Å²) in [6.07, 6.45) is 3.18. The van der Waals surface area contributed by atoms with Crippen molar-refractivity contribution >= 4 is 58.0 Å². The van der Waals surface area contributed by atoms with Crippen LogP contribution >= 0.6 is 0 Å². The van der Waals surface area contributed by atoms with Crippen molar-refractivity contribution in [2.45, 2.75) is 44.1 Å². The summed E-state index contributed by atoms with van der Waals surface area (Å²) in [6.45, 7) is -0.471. The second-order valence-corrected chi connectivity index (χ2v) is 28.3. The van der Waals surface area contributed by atoms with Gasteiger partial charge in [0.25, 0.3) is 0 Å². The monoisotopic (exact) mass is 875 g/mol. The molecule has 0 saturated carbocycles. The van der Waals surface area contributed by atoms with Crippen LogP contribution in [0, 0.1) is 25.8 Å². The van der Waals surface area contributed by atoms with Gasteiger partial charge in [-0.3, -0.25) is 0 Å². The van der Waals surface area contributed by atoms with Gasteiger partial charge in [-0.1, -0.05) is 66.0 Å². The quantitative estimate of drug-likeness (QED) is 0.132. The molecule has 237 valence electrons. The van der Waals surface area contributed by atoms with E-state index in [0.717, 1.165) is 33.8 Å². The fraction of sp³-hybridized carbons (Fsp3) is 0.171. The third-order valence-corrected chi connectivity index (χ3v) is 16.7. The molecule has 0 saturated heterocycles.